The molecule has 2 aromatic carbocycles. The summed E-state index contributed by atoms with van der Waals surface area (Å²) in [6.07, 6.45) is 0. The van der Waals surface area contributed by atoms with Crippen molar-refractivity contribution < 1.29 is 9.53 Å². The van der Waals surface area contributed by atoms with Crippen molar-refractivity contribution in [3.8, 4) is 11.5 Å². The predicted octanol–water partition coefficient (Wildman–Crippen LogP) is 3.40. The number of nitrogens with one attached hydrogen (secondary N) is 1. The van der Waals surface area contributed by atoms with Crippen LogP contribution in [0.1, 0.15) is 13.8 Å². The number of nitrogens with two attached hydrogens (primary N) is 1. The van der Waals surface area contributed by atoms with Gasteiger partial charge in [0.15, 0.2) is 0 Å². The third-order valence-corrected chi connectivity index (χ3v) is 3.10. The van der Waals surface area contributed by atoms with E-state index in [2.05, 4.69) is 5.32 Å². The molecule has 3 N–H and O–H groups in total. The number of ether oxygens (including phenoxy) is 1. The van der Waals surface area contributed by atoms with Gasteiger partial charge in [0.1, 0.15) is 11.5 Å². The fourth-order valence-electron chi connectivity index (χ4n) is 1.79. The van der Waals surface area contributed by atoms with Gasteiger partial charge in [0.2, 0.25) is 5.91 Å². The fourth-order valence-corrected chi connectivity index (χ4v) is 1.79. The number of benzene rings is 2. The molecule has 2 rings (SSSR count). The SMILES string of the molecule is CC(C)[C@@H](N)C(=O)Nc1cccc(Oc2ccccc2)c1. The van der Waals surface area contributed by atoms with Crippen LogP contribution in [0.3, 0.4) is 0 Å². The van der Waals surface area contributed by atoms with Gasteiger partial charge < -0.3 is 15.8 Å². The minimum atomic E-state index is -0.524. The second kappa shape index (κ2) is 6.90. The van der Waals surface area contributed by atoms with Crippen molar-refractivity contribution in [2.75, 3.05) is 5.32 Å². The zero-order chi connectivity index (χ0) is 15.2. The van der Waals surface area contributed by atoms with E-state index in [4.69, 9.17) is 10.5 Å². The van der Waals surface area contributed by atoms with Crippen molar-refractivity contribution in [3.63, 3.8) is 0 Å². The Bertz CT molecular complexity index is 597. The lowest BCUT2D eigenvalue weighted by atomic mass is 10.0. The summed E-state index contributed by atoms with van der Waals surface area (Å²) in [6.45, 7) is 3.83. The molecule has 0 unspecified atom stereocenters. The van der Waals surface area contributed by atoms with Gasteiger partial charge in [0.05, 0.1) is 6.04 Å². The third-order valence-electron chi connectivity index (χ3n) is 3.10. The first-order valence-corrected chi connectivity index (χ1v) is 6.95. The van der Waals surface area contributed by atoms with Gasteiger partial charge in [-0.3, -0.25) is 4.79 Å². The van der Waals surface area contributed by atoms with Crippen LogP contribution in [0.2, 0.25) is 0 Å². The van der Waals surface area contributed by atoms with Crippen LogP contribution in [0, 0.1) is 5.92 Å². The van der Waals surface area contributed by atoms with Crippen molar-refractivity contribution in [2.24, 2.45) is 11.7 Å². The van der Waals surface area contributed by atoms with Crippen LogP contribution in [0.25, 0.3) is 0 Å². The largest absolute Gasteiger partial charge is 0.457 e. The Morgan fingerprint density at radius 2 is 1.71 bits per heavy atom. The Labute approximate surface area is 124 Å². The lowest BCUT2D eigenvalue weighted by Crippen LogP contribution is -2.39. The highest BCUT2D eigenvalue weighted by Crippen LogP contribution is 2.23. The van der Waals surface area contributed by atoms with E-state index in [0.29, 0.717) is 11.4 Å². The second-order valence-electron chi connectivity index (χ2n) is 5.20. The fraction of sp³-hybridized carbons (Fsp3) is 0.235. The Morgan fingerprint density at radius 1 is 1.05 bits per heavy atom. The number of amides is 1. The van der Waals surface area contributed by atoms with Gasteiger partial charge >= 0.3 is 0 Å². The van der Waals surface area contributed by atoms with E-state index in [1.165, 1.54) is 0 Å². The predicted molar refractivity (Wildman–Crippen MR) is 84.4 cm³/mol. The van der Waals surface area contributed by atoms with E-state index >= 15 is 0 Å². The maximum Gasteiger partial charge on any atom is 0.241 e. The normalized spacial score (nSPS) is 12.0. The van der Waals surface area contributed by atoms with Crippen LogP contribution in [0.5, 0.6) is 11.5 Å². The number of anilines is 1. The zero-order valence-electron chi connectivity index (χ0n) is 12.2. The summed E-state index contributed by atoms with van der Waals surface area (Å²) in [6, 6.07) is 16.2. The van der Waals surface area contributed by atoms with Crippen molar-refractivity contribution in [3.05, 3.63) is 54.6 Å². The maximum atomic E-state index is 11.9. The summed E-state index contributed by atoms with van der Waals surface area (Å²) < 4.78 is 5.73. The second-order valence-corrected chi connectivity index (χ2v) is 5.20. The van der Waals surface area contributed by atoms with Crippen LogP contribution >= 0.6 is 0 Å². The van der Waals surface area contributed by atoms with Crippen molar-refractivity contribution in [2.45, 2.75) is 19.9 Å². The number of carbonyl (C=O) groups is 1. The monoisotopic (exact) mass is 284 g/mol. The molecule has 21 heavy (non-hydrogen) atoms. The molecule has 0 aliphatic heterocycles. The van der Waals surface area contributed by atoms with Gasteiger partial charge in [-0.25, -0.2) is 0 Å². The molecule has 1 amide bonds. The van der Waals surface area contributed by atoms with Crippen LogP contribution in [0.4, 0.5) is 5.69 Å². The molecule has 0 saturated carbocycles. The van der Waals surface area contributed by atoms with E-state index in [9.17, 15) is 4.79 Å². The molecule has 4 nitrogen and oxygen atoms in total. The molecule has 4 heteroatoms. The lowest BCUT2D eigenvalue weighted by Gasteiger charge is -2.15. The van der Waals surface area contributed by atoms with Gasteiger partial charge in [0.25, 0.3) is 0 Å². The molecule has 0 fully saturated rings. The van der Waals surface area contributed by atoms with Crippen molar-refractivity contribution in [1.29, 1.82) is 0 Å². The molecular formula is C17H20N2O2. The highest BCUT2D eigenvalue weighted by molar-refractivity contribution is 5.94. The van der Waals surface area contributed by atoms with E-state index in [1.54, 1.807) is 6.07 Å². The van der Waals surface area contributed by atoms with Gasteiger partial charge in [-0.1, -0.05) is 38.1 Å². The smallest absolute Gasteiger partial charge is 0.241 e. The van der Waals surface area contributed by atoms with Crippen LogP contribution in [0.15, 0.2) is 54.6 Å². The third kappa shape index (κ3) is 4.33. The quantitative estimate of drug-likeness (QED) is 0.884. The van der Waals surface area contributed by atoms with Crippen LogP contribution in [-0.4, -0.2) is 11.9 Å². The Balaban J connectivity index is 2.06. The molecule has 0 radical (unpaired) electrons. The number of hydrogen-bond acceptors (Lipinski definition) is 3. The number of carbonyl (C=O) groups excluding carboxylic acids is 1. The van der Waals surface area contributed by atoms with E-state index < -0.39 is 6.04 Å². The summed E-state index contributed by atoms with van der Waals surface area (Å²) in [5.74, 6) is 1.31. The zero-order valence-corrected chi connectivity index (χ0v) is 12.2. The average molecular weight is 284 g/mol. The van der Waals surface area contributed by atoms with Gasteiger partial charge in [-0.05, 0) is 30.2 Å². The standard InChI is InChI=1S/C17H20N2O2/c1-12(2)16(18)17(20)19-13-7-6-10-15(11-13)21-14-8-4-3-5-9-14/h3-12,16H,18H2,1-2H3,(H,19,20)/t16-/m1/s1. The van der Waals surface area contributed by atoms with Crippen molar-refractivity contribution >= 4 is 11.6 Å². The summed E-state index contributed by atoms with van der Waals surface area (Å²) in [4.78, 5) is 11.9. The lowest BCUT2D eigenvalue weighted by molar-refractivity contribution is -0.118. The summed E-state index contributed by atoms with van der Waals surface area (Å²) in [5, 5.41) is 2.81. The molecule has 0 bridgehead atoms. The molecule has 0 aromatic heterocycles. The minimum absolute atomic E-state index is 0.0914. The highest BCUT2D eigenvalue weighted by atomic mass is 16.5. The summed E-state index contributed by atoms with van der Waals surface area (Å²) >= 11 is 0. The van der Waals surface area contributed by atoms with Gasteiger partial charge in [-0.2, -0.15) is 0 Å². The number of rotatable bonds is 5. The van der Waals surface area contributed by atoms with E-state index in [1.807, 2.05) is 62.4 Å². The number of para-hydroxylation sites is 1. The number of hydrogen-bond donors (Lipinski definition) is 2. The van der Waals surface area contributed by atoms with Gasteiger partial charge in [-0.15, -0.1) is 0 Å². The molecule has 0 heterocycles. The molecular weight excluding hydrogens is 264 g/mol. The Hall–Kier alpha value is -2.33. The average Bonchev–Trinajstić information content (AvgIpc) is 2.47. The first kappa shape index (κ1) is 15.1. The highest BCUT2D eigenvalue weighted by Gasteiger charge is 2.17. The molecule has 0 aliphatic carbocycles. The first-order chi connectivity index (χ1) is 10.1. The first-order valence-electron chi connectivity index (χ1n) is 6.95. The molecule has 1 atom stereocenters. The molecule has 2 aromatic rings. The molecule has 0 spiro atoms. The topological polar surface area (TPSA) is 64.4 Å². The molecule has 0 saturated heterocycles. The Morgan fingerprint density at radius 3 is 2.38 bits per heavy atom. The summed E-state index contributed by atoms with van der Waals surface area (Å²) in [7, 11) is 0. The van der Waals surface area contributed by atoms with E-state index in [-0.39, 0.29) is 11.8 Å². The van der Waals surface area contributed by atoms with Gasteiger partial charge in [0, 0.05) is 11.8 Å². The minimum Gasteiger partial charge on any atom is -0.457 e. The molecule has 0 aliphatic rings. The maximum absolute atomic E-state index is 11.9. The molecule has 110 valence electrons. The van der Waals surface area contributed by atoms with Crippen LogP contribution in [-0.2, 0) is 4.79 Å². The Kier molecular flexibility index (Phi) is 4.95. The van der Waals surface area contributed by atoms with E-state index in [0.717, 1.165) is 5.75 Å². The van der Waals surface area contributed by atoms with Crippen molar-refractivity contribution in [1.82, 2.24) is 0 Å². The summed E-state index contributed by atoms with van der Waals surface area (Å²) in [5.41, 5.74) is 6.50. The van der Waals surface area contributed by atoms with Crippen LogP contribution < -0.4 is 15.8 Å².